The van der Waals surface area contributed by atoms with Crippen molar-refractivity contribution in [1.82, 2.24) is 30.4 Å². The van der Waals surface area contributed by atoms with Crippen molar-refractivity contribution in [2.45, 2.75) is 72.1 Å². The van der Waals surface area contributed by atoms with Crippen molar-refractivity contribution < 1.29 is 13.5 Å². The molecule has 1 aliphatic heterocycles. The second-order valence-corrected chi connectivity index (χ2v) is 11.8. The van der Waals surface area contributed by atoms with Crippen LogP contribution in [0, 0.1) is 23.5 Å². The molecule has 3 aromatic heterocycles. The minimum atomic E-state index is -0.671. The molecule has 4 aromatic rings. The lowest BCUT2D eigenvalue weighted by molar-refractivity contribution is 0.277. The third-order valence-corrected chi connectivity index (χ3v) is 8.13. The van der Waals surface area contributed by atoms with Crippen LogP contribution in [0.5, 0.6) is 5.75 Å². The van der Waals surface area contributed by atoms with E-state index in [1.54, 1.807) is 6.07 Å². The number of hydrogen-bond donors (Lipinski definition) is 2. The molecule has 0 saturated carbocycles. The topological polar surface area (TPSA) is 95.6 Å². The molecular formula is C32H41F2N7O. The molecule has 0 amide bonds. The molecule has 5 rings (SSSR count). The Balaban J connectivity index is 1.06. The van der Waals surface area contributed by atoms with Crippen LogP contribution in [0.4, 0.5) is 14.7 Å². The third-order valence-electron chi connectivity index (χ3n) is 8.13. The lowest BCUT2D eigenvalue weighted by Gasteiger charge is -2.32. The fourth-order valence-electron chi connectivity index (χ4n) is 5.47. The first-order valence-electron chi connectivity index (χ1n) is 15.1. The van der Waals surface area contributed by atoms with E-state index in [1.807, 2.05) is 19.3 Å². The SMILES string of the molecule is CCC(C)c1cc(-c2c(F)cc(OCCCC3CCN(c4ncc(-c5cc(CC(C)C)[nH]n5)cn4)CC3)cc2F)n[nH]1. The molecule has 4 heterocycles. The Morgan fingerprint density at radius 3 is 2.31 bits per heavy atom. The van der Waals surface area contributed by atoms with Gasteiger partial charge in [0.1, 0.15) is 17.4 Å². The van der Waals surface area contributed by atoms with Crippen molar-refractivity contribution in [2.24, 2.45) is 11.8 Å². The summed E-state index contributed by atoms with van der Waals surface area (Å²) in [6.45, 7) is 10.7. The van der Waals surface area contributed by atoms with Gasteiger partial charge >= 0.3 is 0 Å². The number of hydrogen-bond acceptors (Lipinski definition) is 6. The van der Waals surface area contributed by atoms with Crippen LogP contribution < -0.4 is 9.64 Å². The number of aromatic nitrogens is 6. The predicted molar refractivity (Wildman–Crippen MR) is 160 cm³/mol. The second-order valence-electron chi connectivity index (χ2n) is 11.8. The van der Waals surface area contributed by atoms with Crippen molar-refractivity contribution in [2.75, 3.05) is 24.6 Å². The highest BCUT2D eigenvalue weighted by atomic mass is 19.1. The molecule has 0 aliphatic carbocycles. The van der Waals surface area contributed by atoms with Gasteiger partial charge in [0.05, 0.1) is 23.6 Å². The van der Waals surface area contributed by atoms with Crippen molar-refractivity contribution in [3.8, 4) is 28.3 Å². The summed E-state index contributed by atoms with van der Waals surface area (Å²) < 4.78 is 35.4. The van der Waals surface area contributed by atoms with Crippen LogP contribution in [0.25, 0.3) is 22.5 Å². The van der Waals surface area contributed by atoms with E-state index in [0.29, 0.717) is 18.4 Å². The zero-order valence-corrected chi connectivity index (χ0v) is 25.0. The van der Waals surface area contributed by atoms with Crippen LogP contribution in [0.3, 0.4) is 0 Å². The van der Waals surface area contributed by atoms with Gasteiger partial charge in [-0.05, 0) is 68.4 Å². The summed E-state index contributed by atoms with van der Waals surface area (Å²) in [7, 11) is 0. The number of rotatable bonds is 12. The molecule has 0 bridgehead atoms. The quantitative estimate of drug-likeness (QED) is 0.171. The number of ether oxygens (including phenoxy) is 1. The van der Waals surface area contributed by atoms with Gasteiger partial charge < -0.3 is 9.64 Å². The average Bonchev–Trinajstić information content (AvgIpc) is 3.65. The maximum absolute atomic E-state index is 14.8. The lowest BCUT2D eigenvalue weighted by atomic mass is 9.92. The minimum Gasteiger partial charge on any atom is -0.493 e. The highest BCUT2D eigenvalue weighted by Gasteiger charge is 2.22. The third kappa shape index (κ3) is 7.14. The van der Waals surface area contributed by atoms with Crippen LogP contribution in [-0.2, 0) is 6.42 Å². The normalized spacial score (nSPS) is 15.0. The van der Waals surface area contributed by atoms with E-state index >= 15 is 0 Å². The Morgan fingerprint density at radius 1 is 0.952 bits per heavy atom. The van der Waals surface area contributed by atoms with Crippen molar-refractivity contribution >= 4 is 5.95 Å². The summed E-state index contributed by atoms with van der Waals surface area (Å²) in [6, 6.07) is 6.28. The first-order valence-corrected chi connectivity index (χ1v) is 15.1. The zero-order chi connectivity index (χ0) is 29.6. The minimum absolute atomic E-state index is 0.129. The summed E-state index contributed by atoms with van der Waals surface area (Å²) in [5.74, 6) is 0.983. The molecule has 42 heavy (non-hydrogen) atoms. The average molecular weight is 578 g/mol. The van der Waals surface area contributed by atoms with Crippen LogP contribution in [0.2, 0.25) is 0 Å². The number of benzene rings is 1. The van der Waals surface area contributed by atoms with Gasteiger partial charge in [-0.3, -0.25) is 10.2 Å². The van der Waals surface area contributed by atoms with E-state index in [1.165, 1.54) is 12.1 Å². The van der Waals surface area contributed by atoms with E-state index < -0.39 is 11.6 Å². The summed E-state index contributed by atoms with van der Waals surface area (Å²) in [6.07, 6.45) is 9.47. The van der Waals surface area contributed by atoms with Gasteiger partial charge in [0.25, 0.3) is 0 Å². The van der Waals surface area contributed by atoms with Gasteiger partial charge in [0.15, 0.2) is 0 Å². The van der Waals surface area contributed by atoms with Crippen LogP contribution in [0.15, 0.2) is 36.7 Å². The van der Waals surface area contributed by atoms with Crippen molar-refractivity contribution in [3.05, 3.63) is 59.7 Å². The molecule has 1 saturated heterocycles. The lowest BCUT2D eigenvalue weighted by Crippen LogP contribution is -2.34. The molecule has 0 radical (unpaired) electrons. The number of halogens is 2. The van der Waals surface area contributed by atoms with Gasteiger partial charge in [-0.25, -0.2) is 18.7 Å². The molecule has 1 fully saturated rings. The second kappa shape index (κ2) is 13.4. The number of anilines is 1. The van der Waals surface area contributed by atoms with E-state index in [-0.39, 0.29) is 22.9 Å². The molecule has 224 valence electrons. The Labute approximate surface area is 246 Å². The van der Waals surface area contributed by atoms with Crippen LogP contribution in [-0.4, -0.2) is 50.1 Å². The molecule has 1 aromatic carbocycles. The first-order chi connectivity index (χ1) is 20.3. The summed E-state index contributed by atoms with van der Waals surface area (Å²) in [5.41, 5.74) is 3.90. The zero-order valence-electron chi connectivity index (χ0n) is 25.0. The maximum Gasteiger partial charge on any atom is 0.225 e. The molecule has 1 aliphatic rings. The maximum atomic E-state index is 14.8. The highest BCUT2D eigenvalue weighted by molar-refractivity contribution is 5.62. The predicted octanol–water partition coefficient (Wildman–Crippen LogP) is 7.32. The Hall–Kier alpha value is -3.82. The Morgan fingerprint density at radius 2 is 1.64 bits per heavy atom. The smallest absolute Gasteiger partial charge is 0.225 e. The van der Waals surface area contributed by atoms with Crippen molar-refractivity contribution in [1.29, 1.82) is 0 Å². The van der Waals surface area contributed by atoms with E-state index in [4.69, 9.17) is 4.74 Å². The molecule has 1 atom stereocenters. The number of aromatic amines is 2. The van der Waals surface area contributed by atoms with Gasteiger partial charge in [-0.2, -0.15) is 10.2 Å². The molecular weight excluding hydrogens is 536 g/mol. The van der Waals surface area contributed by atoms with E-state index in [2.05, 4.69) is 62.1 Å². The fraction of sp³-hybridized carbons (Fsp3) is 0.500. The van der Waals surface area contributed by atoms with Gasteiger partial charge in [-0.15, -0.1) is 0 Å². The van der Waals surface area contributed by atoms with Gasteiger partial charge in [0, 0.05) is 54.6 Å². The van der Waals surface area contributed by atoms with Crippen molar-refractivity contribution in [3.63, 3.8) is 0 Å². The largest absolute Gasteiger partial charge is 0.493 e. The first kappa shape index (κ1) is 29.7. The molecule has 0 spiro atoms. The van der Waals surface area contributed by atoms with Crippen LogP contribution >= 0.6 is 0 Å². The Bertz CT molecular complexity index is 1420. The molecule has 10 heteroatoms. The van der Waals surface area contributed by atoms with Gasteiger partial charge in [0.2, 0.25) is 5.95 Å². The van der Waals surface area contributed by atoms with E-state index in [0.717, 1.165) is 80.2 Å². The standard InChI is InChI=1S/C32H41F2N7O/c1-5-21(4)28-17-30(40-38-28)31-26(33)15-25(16-27(31)34)42-12-6-7-22-8-10-41(11-9-22)32-35-18-23(19-36-32)29-14-24(37-39-29)13-20(2)3/h14-22H,5-13H2,1-4H3,(H,37,39)(H,38,40). The fourth-order valence-corrected chi connectivity index (χ4v) is 5.47. The van der Waals surface area contributed by atoms with Gasteiger partial charge in [-0.1, -0.05) is 27.7 Å². The summed E-state index contributed by atoms with van der Waals surface area (Å²) in [4.78, 5) is 11.4. The molecule has 2 N–H and O–H groups in total. The number of piperidine rings is 1. The van der Waals surface area contributed by atoms with E-state index in [9.17, 15) is 8.78 Å². The highest BCUT2D eigenvalue weighted by Crippen LogP contribution is 2.31. The molecule has 1 unspecified atom stereocenters. The number of H-pyrrole nitrogens is 2. The van der Waals surface area contributed by atoms with Crippen LogP contribution in [0.1, 0.15) is 77.1 Å². The number of nitrogens with one attached hydrogen (secondary N) is 2. The monoisotopic (exact) mass is 577 g/mol. The molecule has 8 nitrogen and oxygen atoms in total. The summed E-state index contributed by atoms with van der Waals surface area (Å²) >= 11 is 0. The summed E-state index contributed by atoms with van der Waals surface area (Å²) in [5, 5.41) is 14.5. The number of nitrogens with zero attached hydrogens (tertiary/aromatic N) is 5. The Kier molecular flexibility index (Phi) is 9.49.